The molecule has 1 N–H and O–H groups in total. The van der Waals surface area contributed by atoms with E-state index in [0.29, 0.717) is 0 Å². The molecule has 0 amide bonds. The number of carbonyl (C=O) groups is 1. The Bertz CT molecular complexity index is 546. The first-order valence-corrected chi connectivity index (χ1v) is 6.80. The van der Waals surface area contributed by atoms with Crippen LogP contribution in [0.1, 0.15) is 6.42 Å². The van der Waals surface area contributed by atoms with Crippen molar-refractivity contribution < 1.29 is 18.3 Å². The zero-order valence-corrected chi connectivity index (χ0v) is 9.89. The predicted molar refractivity (Wildman–Crippen MR) is 61.6 cm³/mol. The van der Waals surface area contributed by atoms with Crippen molar-refractivity contribution in [2.75, 3.05) is 11.5 Å². The zero-order chi connectivity index (χ0) is 12.9. The van der Waals surface area contributed by atoms with E-state index in [2.05, 4.69) is 0 Å². The summed E-state index contributed by atoms with van der Waals surface area (Å²) in [5.41, 5.74) is -0.277. The molecule has 0 fully saturated rings. The fourth-order valence-electron chi connectivity index (χ4n) is 1.23. The van der Waals surface area contributed by atoms with E-state index in [0.717, 1.165) is 0 Å². The average molecular weight is 259 g/mol. The smallest absolute Gasteiger partial charge is 0.304 e. The molecule has 0 aliphatic rings. The number of rotatable bonds is 6. The quantitative estimate of drug-likeness (QED) is 0.759. The van der Waals surface area contributed by atoms with Crippen LogP contribution >= 0.6 is 0 Å². The molecule has 0 bridgehead atoms. The van der Waals surface area contributed by atoms with Crippen LogP contribution in [-0.4, -0.2) is 35.6 Å². The Kier molecular flexibility index (Phi) is 4.45. The van der Waals surface area contributed by atoms with E-state index >= 15 is 0 Å². The van der Waals surface area contributed by atoms with Gasteiger partial charge in [0.2, 0.25) is 0 Å². The standard InChI is InChI=1S/C10H13NO5S/c12-9-3-1-2-5-11(9)6-8-17(15,16)7-4-10(13)14/h1-3,5H,4,6-8H2,(H,13,14). The second-order valence-corrected chi connectivity index (χ2v) is 5.83. The van der Waals surface area contributed by atoms with Crippen LogP contribution in [0.5, 0.6) is 0 Å². The molecule has 0 unspecified atom stereocenters. The van der Waals surface area contributed by atoms with Crippen molar-refractivity contribution in [3.05, 3.63) is 34.7 Å². The van der Waals surface area contributed by atoms with Crippen molar-refractivity contribution in [1.82, 2.24) is 4.57 Å². The summed E-state index contributed by atoms with van der Waals surface area (Å²) in [4.78, 5) is 21.5. The number of hydrogen-bond donors (Lipinski definition) is 1. The molecule has 0 radical (unpaired) electrons. The third-order valence-corrected chi connectivity index (χ3v) is 3.80. The molecule has 17 heavy (non-hydrogen) atoms. The van der Waals surface area contributed by atoms with E-state index in [9.17, 15) is 18.0 Å². The maximum Gasteiger partial charge on any atom is 0.304 e. The molecule has 1 aromatic rings. The molecular weight excluding hydrogens is 246 g/mol. The molecule has 0 aromatic carbocycles. The number of nitrogens with zero attached hydrogens (tertiary/aromatic N) is 1. The lowest BCUT2D eigenvalue weighted by atomic mass is 10.5. The number of carboxylic acid groups (broad SMARTS) is 1. The molecule has 94 valence electrons. The van der Waals surface area contributed by atoms with Gasteiger partial charge in [-0.05, 0) is 6.07 Å². The number of sulfone groups is 1. The number of aromatic nitrogens is 1. The van der Waals surface area contributed by atoms with Crippen molar-refractivity contribution in [3.8, 4) is 0 Å². The molecule has 0 saturated carbocycles. The second kappa shape index (κ2) is 5.62. The molecule has 0 aliphatic heterocycles. The predicted octanol–water partition coefficient (Wildman–Crippen LogP) is -0.262. The van der Waals surface area contributed by atoms with Crippen LogP contribution in [0.3, 0.4) is 0 Å². The number of pyridine rings is 1. The summed E-state index contributed by atoms with van der Waals surface area (Å²) in [7, 11) is -3.43. The molecule has 0 spiro atoms. The Hall–Kier alpha value is -1.63. The van der Waals surface area contributed by atoms with Crippen molar-refractivity contribution in [2.24, 2.45) is 0 Å². The van der Waals surface area contributed by atoms with Gasteiger partial charge >= 0.3 is 5.97 Å². The highest BCUT2D eigenvalue weighted by molar-refractivity contribution is 7.91. The van der Waals surface area contributed by atoms with Crippen LogP contribution in [0, 0.1) is 0 Å². The molecule has 7 heteroatoms. The second-order valence-electron chi connectivity index (χ2n) is 3.53. The molecule has 0 saturated heterocycles. The normalized spacial score (nSPS) is 11.3. The highest BCUT2D eigenvalue weighted by Gasteiger charge is 2.13. The van der Waals surface area contributed by atoms with E-state index in [1.807, 2.05) is 0 Å². The number of aliphatic carboxylic acids is 1. The van der Waals surface area contributed by atoms with Gasteiger partial charge in [-0.3, -0.25) is 9.59 Å². The van der Waals surface area contributed by atoms with Gasteiger partial charge in [0.25, 0.3) is 5.56 Å². The van der Waals surface area contributed by atoms with Crippen molar-refractivity contribution >= 4 is 15.8 Å². The van der Waals surface area contributed by atoms with Crippen LogP contribution in [0.2, 0.25) is 0 Å². The van der Waals surface area contributed by atoms with Crippen LogP contribution in [0.4, 0.5) is 0 Å². The summed E-state index contributed by atoms with van der Waals surface area (Å²) in [5.74, 6) is -1.78. The SMILES string of the molecule is O=C(O)CCS(=O)(=O)CCn1ccccc1=O. The molecule has 1 heterocycles. The van der Waals surface area contributed by atoms with E-state index in [1.165, 1.54) is 16.8 Å². The lowest BCUT2D eigenvalue weighted by molar-refractivity contribution is -0.136. The number of carboxylic acids is 1. The lowest BCUT2D eigenvalue weighted by Crippen LogP contribution is -2.24. The van der Waals surface area contributed by atoms with Gasteiger partial charge < -0.3 is 9.67 Å². The van der Waals surface area contributed by atoms with E-state index in [1.54, 1.807) is 12.1 Å². The summed E-state index contributed by atoms with van der Waals surface area (Å²) in [6.07, 6.45) is 1.08. The molecular formula is C10H13NO5S. The molecule has 0 atom stereocenters. The van der Waals surface area contributed by atoms with Gasteiger partial charge in [-0.15, -0.1) is 0 Å². The minimum atomic E-state index is -3.43. The molecule has 1 aromatic heterocycles. The van der Waals surface area contributed by atoms with E-state index in [-0.39, 0.29) is 17.9 Å². The first-order valence-electron chi connectivity index (χ1n) is 4.98. The molecule has 0 aliphatic carbocycles. The summed E-state index contributed by atoms with van der Waals surface area (Å²) in [6, 6.07) is 4.53. The molecule has 6 nitrogen and oxygen atoms in total. The monoisotopic (exact) mass is 259 g/mol. The molecule has 1 rings (SSSR count). The van der Waals surface area contributed by atoms with Gasteiger partial charge in [0.1, 0.15) is 0 Å². The summed E-state index contributed by atoms with van der Waals surface area (Å²) >= 11 is 0. The van der Waals surface area contributed by atoms with Gasteiger partial charge in [0, 0.05) is 18.8 Å². The summed E-state index contributed by atoms with van der Waals surface area (Å²) in [6.45, 7) is 0.0433. The maximum atomic E-state index is 11.4. The first kappa shape index (κ1) is 13.4. The van der Waals surface area contributed by atoms with Crippen LogP contribution in [0.25, 0.3) is 0 Å². The topological polar surface area (TPSA) is 93.4 Å². The Balaban J connectivity index is 2.59. The Labute approximate surface area is 98.4 Å². The Morgan fingerprint density at radius 2 is 2.00 bits per heavy atom. The van der Waals surface area contributed by atoms with Crippen LogP contribution in [0.15, 0.2) is 29.2 Å². The lowest BCUT2D eigenvalue weighted by Gasteiger charge is -2.05. The highest BCUT2D eigenvalue weighted by Crippen LogP contribution is 1.96. The zero-order valence-electron chi connectivity index (χ0n) is 9.07. The van der Waals surface area contributed by atoms with Gasteiger partial charge in [-0.2, -0.15) is 0 Å². The third kappa shape index (κ3) is 4.81. The minimum Gasteiger partial charge on any atom is -0.481 e. The summed E-state index contributed by atoms with van der Waals surface area (Å²) < 4.78 is 24.2. The Morgan fingerprint density at radius 1 is 1.29 bits per heavy atom. The van der Waals surface area contributed by atoms with Crippen LogP contribution in [-0.2, 0) is 21.2 Å². The van der Waals surface area contributed by atoms with Crippen molar-refractivity contribution in [1.29, 1.82) is 0 Å². The van der Waals surface area contributed by atoms with Gasteiger partial charge in [0.05, 0.1) is 17.9 Å². The third-order valence-electron chi connectivity index (χ3n) is 2.17. The fraction of sp³-hybridized carbons (Fsp3) is 0.400. The maximum absolute atomic E-state index is 11.4. The fourth-order valence-corrected chi connectivity index (χ4v) is 2.39. The van der Waals surface area contributed by atoms with E-state index in [4.69, 9.17) is 5.11 Å². The van der Waals surface area contributed by atoms with Gasteiger partial charge in [-0.25, -0.2) is 8.42 Å². The Morgan fingerprint density at radius 3 is 2.59 bits per heavy atom. The summed E-state index contributed by atoms with van der Waals surface area (Å²) in [5, 5.41) is 8.39. The first-order chi connectivity index (χ1) is 7.91. The largest absolute Gasteiger partial charge is 0.481 e. The average Bonchev–Trinajstić information content (AvgIpc) is 2.26. The van der Waals surface area contributed by atoms with Crippen molar-refractivity contribution in [2.45, 2.75) is 13.0 Å². The highest BCUT2D eigenvalue weighted by atomic mass is 32.2. The van der Waals surface area contributed by atoms with Crippen molar-refractivity contribution in [3.63, 3.8) is 0 Å². The van der Waals surface area contributed by atoms with E-state index < -0.39 is 28.0 Å². The van der Waals surface area contributed by atoms with Gasteiger partial charge in [-0.1, -0.05) is 6.07 Å². The van der Waals surface area contributed by atoms with Gasteiger partial charge in [0.15, 0.2) is 9.84 Å². The van der Waals surface area contributed by atoms with Crippen LogP contribution < -0.4 is 5.56 Å². The number of aryl methyl sites for hydroxylation is 1. The number of hydrogen-bond acceptors (Lipinski definition) is 4. The minimum absolute atomic E-state index is 0.0433.